The van der Waals surface area contributed by atoms with Crippen LogP contribution in [0.2, 0.25) is 0 Å². The fraction of sp³-hybridized carbons (Fsp3) is 0.435. The van der Waals surface area contributed by atoms with E-state index >= 15 is 0 Å². The molecule has 1 aliphatic rings. The molecule has 1 aromatic heterocycles. The lowest BCUT2D eigenvalue weighted by Crippen LogP contribution is -2.45. The van der Waals surface area contributed by atoms with E-state index in [-0.39, 0.29) is 30.1 Å². The first kappa shape index (κ1) is 22.6. The maximum Gasteiger partial charge on any atom is 0.331 e. The van der Waals surface area contributed by atoms with Gasteiger partial charge < -0.3 is 24.6 Å². The van der Waals surface area contributed by atoms with E-state index in [1.165, 1.54) is 30.5 Å². The number of ether oxygens (including phenoxy) is 3. The number of hydrogen-bond acceptors (Lipinski definition) is 7. The van der Waals surface area contributed by atoms with E-state index < -0.39 is 23.7 Å². The molecule has 31 heavy (non-hydrogen) atoms. The molecular formula is C23H28N2O6. The highest BCUT2D eigenvalue weighted by atomic mass is 16.5. The summed E-state index contributed by atoms with van der Waals surface area (Å²) >= 11 is 0. The molecule has 0 radical (unpaired) electrons. The Morgan fingerprint density at radius 3 is 2.71 bits per heavy atom. The predicted molar refractivity (Wildman–Crippen MR) is 113 cm³/mol. The van der Waals surface area contributed by atoms with Crippen molar-refractivity contribution < 1.29 is 28.9 Å². The maximum atomic E-state index is 12.6. The monoisotopic (exact) mass is 428 g/mol. The number of rotatable bonds is 5. The average Bonchev–Trinajstić information content (AvgIpc) is 2.79. The van der Waals surface area contributed by atoms with E-state index in [1.54, 1.807) is 0 Å². The summed E-state index contributed by atoms with van der Waals surface area (Å²) in [7, 11) is 1.37. The Bertz CT molecular complexity index is 915. The number of aromatic hydroxyl groups is 1. The molecule has 2 heterocycles. The number of aromatic nitrogens is 1. The number of hydrogen-bond donors (Lipinski definition) is 2. The van der Waals surface area contributed by atoms with Gasteiger partial charge in [-0.1, -0.05) is 29.8 Å². The zero-order chi connectivity index (χ0) is 22.4. The van der Waals surface area contributed by atoms with E-state index in [0.29, 0.717) is 13.0 Å². The standard InChI is InChI=1S/C23H28N2O6/c1-14-4-6-16(7-5-14)11-17-10-15(2)31-23(28)18(13-30-12-17)25-22(27)20-21(26)19(29-3)8-9-24-20/h4-9,15,17-18,26H,10-13H2,1-3H3,(H,25,27)/t15?,17?,18-/m0/s1. The molecule has 1 aromatic carbocycles. The molecule has 0 bridgehead atoms. The summed E-state index contributed by atoms with van der Waals surface area (Å²) in [5.74, 6) is -1.42. The maximum absolute atomic E-state index is 12.6. The van der Waals surface area contributed by atoms with Gasteiger partial charge in [-0.3, -0.25) is 4.79 Å². The summed E-state index contributed by atoms with van der Waals surface area (Å²) in [5, 5.41) is 12.7. The van der Waals surface area contributed by atoms with Gasteiger partial charge in [-0.2, -0.15) is 0 Å². The van der Waals surface area contributed by atoms with Crippen molar-refractivity contribution in [2.45, 2.75) is 38.8 Å². The number of aryl methyl sites for hydroxylation is 1. The van der Waals surface area contributed by atoms with Crippen molar-refractivity contribution in [2.24, 2.45) is 5.92 Å². The van der Waals surface area contributed by atoms with Crippen LogP contribution in [0.3, 0.4) is 0 Å². The summed E-state index contributed by atoms with van der Waals surface area (Å²) in [6, 6.07) is 8.75. The summed E-state index contributed by atoms with van der Waals surface area (Å²) in [6.45, 7) is 4.28. The number of cyclic esters (lactones) is 1. The van der Waals surface area contributed by atoms with Crippen LogP contribution in [0.1, 0.15) is 35.0 Å². The topological polar surface area (TPSA) is 107 Å². The number of carbonyl (C=O) groups is 2. The smallest absolute Gasteiger partial charge is 0.331 e. The minimum atomic E-state index is -1.01. The fourth-order valence-electron chi connectivity index (χ4n) is 3.58. The molecular weight excluding hydrogens is 400 g/mol. The van der Waals surface area contributed by atoms with Crippen molar-refractivity contribution in [1.29, 1.82) is 0 Å². The molecule has 1 saturated heterocycles. The van der Waals surface area contributed by atoms with Crippen molar-refractivity contribution in [2.75, 3.05) is 20.3 Å². The van der Waals surface area contributed by atoms with Crippen LogP contribution in [0, 0.1) is 12.8 Å². The molecule has 1 aliphatic heterocycles. The second-order valence-electron chi connectivity index (χ2n) is 7.81. The normalized spacial score (nSPS) is 21.9. The SMILES string of the molecule is COc1ccnc(C(=O)N[C@H]2COCC(Cc3ccc(C)cc3)CC(C)OC2=O)c1O. The Balaban J connectivity index is 1.66. The summed E-state index contributed by atoms with van der Waals surface area (Å²) in [6.07, 6.45) is 2.47. The summed E-state index contributed by atoms with van der Waals surface area (Å²) < 4.78 is 16.3. The highest BCUT2D eigenvalue weighted by molar-refractivity contribution is 5.98. The molecule has 3 atom stereocenters. The Morgan fingerprint density at radius 1 is 1.26 bits per heavy atom. The Hall–Kier alpha value is -3.13. The number of pyridine rings is 1. The highest BCUT2D eigenvalue weighted by Gasteiger charge is 2.30. The van der Waals surface area contributed by atoms with Crippen molar-refractivity contribution >= 4 is 11.9 Å². The van der Waals surface area contributed by atoms with Gasteiger partial charge in [0.2, 0.25) is 0 Å². The van der Waals surface area contributed by atoms with E-state index in [0.717, 1.165) is 6.42 Å². The number of amides is 1. The molecule has 0 aliphatic carbocycles. The second kappa shape index (κ2) is 10.3. The van der Waals surface area contributed by atoms with Crippen LogP contribution >= 0.6 is 0 Å². The van der Waals surface area contributed by atoms with Crippen molar-refractivity contribution in [3.05, 3.63) is 53.3 Å². The van der Waals surface area contributed by atoms with Gasteiger partial charge in [0.1, 0.15) is 0 Å². The van der Waals surface area contributed by atoms with Crippen LogP contribution in [0.15, 0.2) is 36.5 Å². The van der Waals surface area contributed by atoms with Crippen LogP contribution in [0.4, 0.5) is 0 Å². The lowest BCUT2D eigenvalue weighted by molar-refractivity contribution is -0.151. The zero-order valence-corrected chi connectivity index (χ0v) is 18.0. The molecule has 166 valence electrons. The largest absolute Gasteiger partial charge is 0.503 e. The highest BCUT2D eigenvalue weighted by Crippen LogP contribution is 2.27. The van der Waals surface area contributed by atoms with Gasteiger partial charge in [-0.25, -0.2) is 9.78 Å². The molecule has 2 N–H and O–H groups in total. The van der Waals surface area contributed by atoms with Gasteiger partial charge >= 0.3 is 5.97 Å². The minimum Gasteiger partial charge on any atom is -0.503 e. The lowest BCUT2D eigenvalue weighted by Gasteiger charge is -2.20. The van der Waals surface area contributed by atoms with Crippen molar-refractivity contribution in [3.8, 4) is 11.5 Å². The minimum absolute atomic E-state index is 0.0353. The molecule has 8 heteroatoms. The van der Waals surface area contributed by atoms with Crippen LogP contribution in [-0.2, 0) is 20.7 Å². The van der Waals surface area contributed by atoms with Gasteiger partial charge in [-0.05, 0) is 38.2 Å². The molecule has 1 amide bonds. The molecule has 2 aromatic rings. The Labute approximate surface area is 181 Å². The molecule has 1 fully saturated rings. The molecule has 3 rings (SSSR count). The van der Waals surface area contributed by atoms with Crippen molar-refractivity contribution in [1.82, 2.24) is 10.3 Å². The fourth-order valence-corrected chi connectivity index (χ4v) is 3.58. The van der Waals surface area contributed by atoms with E-state index in [9.17, 15) is 14.7 Å². The van der Waals surface area contributed by atoms with Gasteiger partial charge in [-0.15, -0.1) is 0 Å². The number of nitrogens with one attached hydrogen (secondary N) is 1. The van der Waals surface area contributed by atoms with Gasteiger partial charge in [0.15, 0.2) is 23.2 Å². The average molecular weight is 428 g/mol. The zero-order valence-electron chi connectivity index (χ0n) is 18.0. The quantitative estimate of drug-likeness (QED) is 0.704. The first-order chi connectivity index (χ1) is 14.9. The Morgan fingerprint density at radius 2 is 2.00 bits per heavy atom. The number of benzene rings is 1. The Kier molecular flexibility index (Phi) is 7.46. The van der Waals surface area contributed by atoms with E-state index in [1.807, 2.05) is 13.8 Å². The number of nitrogens with zero attached hydrogens (tertiary/aromatic N) is 1. The van der Waals surface area contributed by atoms with E-state index in [4.69, 9.17) is 14.2 Å². The first-order valence-electron chi connectivity index (χ1n) is 10.2. The summed E-state index contributed by atoms with van der Waals surface area (Å²) in [5.41, 5.74) is 2.16. The van der Waals surface area contributed by atoms with E-state index in [2.05, 4.69) is 34.6 Å². The third kappa shape index (κ3) is 5.95. The molecule has 8 nitrogen and oxygen atoms in total. The summed E-state index contributed by atoms with van der Waals surface area (Å²) in [4.78, 5) is 29.1. The van der Waals surface area contributed by atoms with Crippen LogP contribution in [0.25, 0.3) is 0 Å². The first-order valence-corrected chi connectivity index (χ1v) is 10.2. The van der Waals surface area contributed by atoms with Crippen molar-refractivity contribution in [3.63, 3.8) is 0 Å². The molecule has 2 unspecified atom stereocenters. The number of carbonyl (C=O) groups excluding carboxylic acids is 2. The number of methoxy groups -OCH3 is 1. The predicted octanol–water partition coefficient (Wildman–Crippen LogP) is 2.41. The third-order valence-electron chi connectivity index (χ3n) is 5.18. The third-order valence-corrected chi connectivity index (χ3v) is 5.18. The second-order valence-corrected chi connectivity index (χ2v) is 7.81. The molecule has 0 saturated carbocycles. The van der Waals surface area contributed by atoms with Gasteiger partial charge in [0, 0.05) is 18.9 Å². The van der Waals surface area contributed by atoms with Crippen LogP contribution in [-0.4, -0.2) is 54.4 Å². The van der Waals surface area contributed by atoms with Crippen LogP contribution < -0.4 is 10.1 Å². The lowest BCUT2D eigenvalue weighted by atomic mass is 9.94. The number of esters is 1. The van der Waals surface area contributed by atoms with Crippen LogP contribution in [0.5, 0.6) is 11.5 Å². The van der Waals surface area contributed by atoms with Gasteiger partial charge in [0.05, 0.1) is 19.8 Å². The molecule has 0 spiro atoms. The van der Waals surface area contributed by atoms with Gasteiger partial charge in [0.25, 0.3) is 5.91 Å².